The normalized spacial score (nSPS) is 15.6. The zero-order valence-electron chi connectivity index (χ0n) is 28.5. The number of halogens is 3. The van der Waals surface area contributed by atoms with Crippen LogP contribution in [0.1, 0.15) is 61.5 Å². The molecular weight excluding hydrogens is 663 g/mol. The number of nitrogens with two attached hydrogens (primary N) is 1. The van der Waals surface area contributed by atoms with Crippen molar-refractivity contribution in [3.63, 3.8) is 0 Å². The molecule has 5 rings (SSSR count). The molecule has 2 saturated heterocycles. The molecule has 51 heavy (non-hydrogen) atoms. The van der Waals surface area contributed by atoms with E-state index in [0.717, 1.165) is 63.3 Å². The number of hydrogen-bond acceptors (Lipinski definition) is 7. The maximum Gasteiger partial charge on any atom is 0.416 e. The van der Waals surface area contributed by atoms with Gasteiger partial charge in [0.1, 0.15) is 0 Å². The Bertz CT molecular complexity index is 1780. The molecule has 3 aromatic carbocycles. The summed E-state index contributed by atoms with van der Waals surface area (Å²) in [7, 11) is 1.72. The van der Waals surface area contributed by atoms with Crippen molar-refractivity contribution in [1.82, 2.24) is 15.1 Å². The predicted octanol–water partition coefficient (Wildman–Crippen LogP) is 5.07. The molecule has 0 aliphatic carbocycles. The number of ether oxygens (including phenoxy) is 1. The third kappa shape index (κ3) is 9.95. The number of nitrogens with zero attached hydrogens (tertiary/aromatic N) is 4. The number of nitrogens with one attached hydrogen (secondary N) is 2. The van der Waals surface area contributed by atoms with Crippen LogP contribution in [-0.2, 0) is 10.9 Å². The third-order valence-electron chi connectivity index (χ3n) is 8.81. The molecule has 0 atom stereocenters. The molecule has 0 spiro atoms. The van der Waals surface area contributed by atoms with Crippen molar-refractivity contribution in [2.45, 2.75) is 25.4 Å². The van der Waals surface area contributed by atoms with E-state index in [1.165, 1.54) is 18.2 Å². The lowest BCUT2D eigenvalue weighted by molar-refractivity contribution is -0.137. The van der Waals surface area contributed by atoms with Gasteiger partial charge < -0.3 is 25.6 Å². The van der Waals surface area contributed by atoms with E-state index in [1.807, 2.05) is 6.07 Å². The van der Waals surface area contributed by atoms with E-state index in [9.17, 15) is 27.6 Å². The minimum absolute atomic E-state index is 0.0751. The van der Waals surface area contributed by atoms with Crippen molar-refractivity contribution in [2.24, 2.45) is 10.7 Å². The summed E-state index contributed by atoms with van der Waals surface area (Å²) >= 11 is 0. The van der Waals surface area contributed by atoms with Crippen LogP contribution in [-0.4, -0.2) is 93.0 Å². The molecule has 0 bridgehead atoms. The zero-order chi connectivity index (χ0) is 36.5. The van der Waals surface area contributed by atoms with Crippen LogP contribution in [0.25, 0.3) is 5.70 Å². The molecular formula is C37H42F3N7O4. The standard InChI is InChI=1S/C37H42F3N7O4/c1-25(26-8-7-11-29(23-26)37(38,39)40)42-36(41)44-34(49)31-24-30(47-14-4-3-5-15-47)12-13-32(31)43-33(48)27-9-6-10-28(22-27)35(50)45(2)16-17-46-18-20-51-21-19-46/h6-13,22-24H,1,3-5,14-21H2,2H3,(H,43,48)(H3,41,42,44,49). The molecule has 14 heteroatoms. The van der Waals surface area contributed by atoms with E-state index in [1.54, 1.807) is 42.3 Å². The Morgan fingerprint density at radius 3 is 2.31 bits per heavy atom. The Kier molecular flexibility index (Phi) is 12.1. The fourth-order valence-corrected chi connectivity index (χ4v) is 5.90. The highest BCUT2D eigenvalue weighted by Gasteiger charge is 2.30. The molecule has 2 aliphatic heterocycles. The van der Waals surface area contributed by atoms with Gasteiger partial charge in [-0.15, -0.1) is 0 Å². The lowest BCUT2D eigenvalue weighted by Crippen LogP contribution is -2.41. The molecule has 3 aromatic rings. The summed E-state index contributed by atoms with van der Waals surface area (Å²) in [5.74, 6) is -1.87. The first-order chi connectivity index (χ1) is 24.4. The molecule has 3 amide bonds. The van der Waals surface area contributed by atoms with Crippen LogP contribution in [0.3, 0.4) is 0 Å². The lowest BCUT2D eigenvalue weighted by Gasteiger charge is -2.29. The Morgan fingerprint density at radius 1 is 0.902 bits per heavy atom. The molecule has 270 valence electrons. The molecule has 4 N–H and O–H groups in total. The molecule has 2 aliphatic rings. The van der Waals surface area contributed by atoms with Gasteiger partial charge in [-0.05, 0) is 67.8 Å². The Labute approximate surface area is 294 Å². The van der Waals surface area contributed by atoms with Crippen molar-refractivity contribution in [2.75, 3.05) is 69.7 Å². The van der Waals surface area contributed by atoms with Crippen molar-refractivity contribution in [3.8, 4) is 0 Å². The number of alkyl halides is 3. The first-order valence-corrected chi connectivity index (χ1v) is 16.8. The SMILES string of the molecule is C=C(N=C(N)NC(=O)c1cc(N2CCCCC2)ccc1NC(=O)c1cccc(C(=O)N(C)CCN2CCOCC2)c1)c1cccc(C(F)(F)F)c1. The highest BCUT2D eigenvalue weighted by atomic mass is 19.4. The number of benzene rings is 3. The Hall–Kier alpha value is -5.21. The summed E-state index contributed by atoms with van der Waals surface area (Å²) in [6, 6.07) is 15.9. The van der Waals surface area contributed by atoms with Gasteiger partial charge in [0.2, 0.25) is 5.96 Å². The molecule has 11 nitrogen and oxygen atoms in total. The van der Waals surface area contributed by atoms with Crippen LogP contribution in [0.5, 0.6) is 0 Å². The first-order valence-electron chi connectivity index (χ1n) is 16.8. The Balaban J connectivity index is 1.32. The maximum absolute atomic E-state index is 13.6. The first kappa shape index (κ1) is 37.1. The van der Waals surface area contributed by atoms with Crippen LogP contribution in [0.4, 0.5) is 24.5 Å². The van der Waals surface area contributed by atoms with E-state index < -0.39 is 29.5 Å². The van der Waals surface area contributed by atoms with Crippen molar-refractivity contribution >= 4 is 40.8 Å². The average molecular weight is 706 g/mol. The van der Waals surface area contributed by atoms with Gasteiger partial charge in [0, 0.05) is 68.7 Å². The number of carbonyl (C=O) groups excluding carboxylic acids is 3. The van der Waals surface area contributed by atoms with Gasteiger partial charge in [-0.2, -0.15) is 13.2 Å². The molecule has 2 heterocycles. The third-order valence-corrected chi connectivity index (χ3v) is 8.81. The van der Waals surface area contributed by atoms with Gasteiger partial charge in [0.25, 0.3) is 17.7 Å². The molecule has 0 saturated carbocycles. The number of aliphatic imine (C=N–C) groups is 1. The van der Waals surface area contributed by atoms with E-state index in [-0.39, 0.29) is 34.0 Å². The minimum atomic E-state index is -4.56. The van der Waals surface area contributed by atoms with Gasteiger partial charge in [-0.1, -0.05) is 24.8 Å². The van der Waals surface area contributed by atoms with Crippen LogP contribution >= 0.6 is 0 Å². The highest BCUT2D eigenvalue weighted by molar-refractivity contribution is 6.13. The average Bonchev–Trinajstić information content (AvgIpc) is 3.14. The number of anilines is 2. The topological polar surface area (TPSA) is 133 Å². The highest BCUT2D eigenvalue weighted by Crippen LogP contribution is 2.31. The zero-order valence-corrected chi connectivity index (χ0v) is 28.5. The van der Waals surface area contributed by atoms with Gasteiger partial charge in [-0.25, -0.2) is 4.99 Å². The number of likely N-dealkylation sites (N-methyl/N-ethyl adjacent to an activating group) is 1. The van der Waals surface area contributed by atoms with Gasteiger partial charge in [0.05, 0.1) is 35.7 Å². The fourth-order valence-electron chi connectivity index (χ4n) is 5.90. The molecule has 0 radical (unpaired) electrons. The van der Waals surface area contributed by atoms with E-state index >= 15 is 0 Å². The predicted molar refractivity (Wildman–Crippen MR) is 191 cm³/mol. The summed E-state index contributed by atoms with van der Waals surface area (Å²) in [5, 5.41) is 5.27. The van der Waals surface area contributed by atoms with Crippen molar-refractivity contribution < 1.29 is 32.3 Å². The summed E-state index contributed by atoms with van der Waals surface area (Å²) in [6.45, 7) is 9.48. The monoisotopic (exact) mass is 705 g/mol. The van der Waals surface area contributed by atoms with Crippen LogP contribution in [0, 0.1) is 0 Å². The largest absolute Gasteiger partial charge is 0.416 e. The van der Waals surface area contributed by atoms with Crippen LogP contribution in [0.2, 0.25) is 0 Å². The molecule has 0 aromatic heterocycles. The Morgan fingerprint density at radius 2 is 1.59 bits per heavy atom. The van der Waals surface area contributed by atoms with Crippen molar-refractivity contribution in [1.29, 1.82) is 0 Å². The molecule has 2 fully saturated rings. The summed E-state index contributed by atoms with van der Waals surface area (Å²) in [5.41, 5.74) is 6.74. The van der Waals surface area contributed by atoms with E-state index in [0.29, 0.717) is 31.9 Å². The van der Waals surface area contributed by atoms with Crippen LogP contribution < -0.4 is 21.3 Å². The fraction of sp³-hybridized carbons (Fsp3) is 0.351. The minimum Gasteiger partial charge on any atom is -0.379 e. The lowest BCUT2D eigenvalue weighted by atomic mass is 10.1. The van der Waals surface area contributed by atoms with Crippen LogP contribution in [0.15, 0.2) is 78.3 Å². The van der Waals surface area contributed by atoms with Gasteiger partial charge in [0.15, 0.2) is 0 Å². The number of piperidine rings is 1. The second-order valence-electron chi connectivity index (χ2n) is 12.5. The van der Waals surface area contributed by atoms with Gasteiger partial charge >= 0.3 is 6.18 Å². The van der Waals surface area contributed by atoms with Crippen molar-refractivity contribution in [3.05, 3.63) is 101 Å². The number of hydrogen-bond donors (Lipinski definition) is 3. The molecule has 0 unspecified atom stereocenters. The summed E-state index contributed by atoms with van der Waals surface area (Å²) < 4.78 is 45.1. The quantitative estimate of drug-likeness (QED) is 0.198. The number of carbonyl (C=O) groups is 3. The summed E-state index contributed by atoms with van der Waals surface area (Å²) in [6.07, 6.45) is -1.47. The van der Waals surface area contributed by atoms with Gasteiger partial charge in [-0.3, -0.25) is 24.6 Å². The second kappa shape index (κ2) is 16.7. The number of rotatable bonds is 10. The maximum atomic E-state index is 13.6. The van der Waals surface area contributed by atoms with E-state index in [4.69, 9.17) is 10.5 Å². The summed E-state index contributed by atoms with van der Waals surface area (Å²) in [4.78, 5) is 50.4. The second-order valence-corrected chi connectivity index (χ2v) is 12.5. The van der Waals surface area contributed by atoms with E-state index in [2.05, 4.69) is 32.0 Å². The number of guanidine groups is 1. The number of morpholine rings is 1. The number of amides is 3. The smallest absolute Gasteiger partial charge is 0.379 e.